The molecule has 1 aliphatic heterocycles. The molecule has 24 nitrogen and oxygen atoms in total. The Bertz CT molecular complexity index is 2920. The number of rotatable bonds is 36. The third-order valence-electron chi connectivity index (χ3n) is 13.4. The van der Waals surface area contributed by atoms with Crippen LogP contribution in [0.3, 0.4) is 0 Å². The lowest BCUT2D eigenvalue weighted by atomic mass is 9.83. The molecule has 10 amide bonds. The van der Waals surface area contributed by atoms with Crippen molar-refractivity contribution in [3.63, 3.8) is 0 Å². The molecule has 0 radical (unpaired) electrons. The van der Waals surface area contributed by atoms with Crippen molar-refractivity contribution < 1.29 is 76.5 Å². The van der Waals surface area contributed by atoms with Crippen molar-refractivity contribution in [1.29, 1.82) is 0 Å². The molecular formula is C58H76F2N10O14S. The minimum atomic E-state index is -1.51. The van der Waals surface area contributed by atoms with Crippen molar-refractivity contribution in [3.8, 4) is 11.1 Å². The zero-order valence-corrected chi connectivity index (χ0v) is 49.0. The topological polar surface area (TPSA) is 355 Å². The van der Waals surface area contributed by atoms with Crippen molar-refractivity contribution in [3.05, 3.63) is 95.8 Å². The number of nitrogens with one attached hydrogen (secondary N) is 6. The van der Waals surface area contributed by atoms with Crippen molar-refractivity contribution in [1.82, 2.24) is 46.3 Å². The summed E-state index contributed by atoms with van der Waals surface area (Å²) in [4.78, 5) is 153. The van der Waals surface area contributed by atoms with Gasteiger partial charge in [0.15, 0.2) is 0 Å². The van der Waals surface area contributed by atoms with E-state index in [-0.39, 0.29) is 81.9 Å². The van der Waals surface area contributed by atoms with E-state index in [2.05, 4.69) is 31.9 Å². The van der Waals surface area contributed by atoms with Crippen LogP contribution in [0.25, 0.3) is 11.1 Å². The van der Waals surface area contributed by atoms with Gasteiger partial charge in [0.2, 0.25) is 47.3 Å². The second-order valence-corrected chi connectivity index (χ2v) is 22.5. The van der Waals surface area contributed by atoms with E-state index in [1.807, 2.05) is 55.7 Å². The number of hydrogen-bond donors (Lipinski definition) is 9. The molecule has 462 valence electrons. The summed E-state index contributed by atoms with van der Waals surface area (Å²) in [7, 11) is 0. The van der Waals surface area contributed by atoms with Crippen LogP contribution >= 0.6 is 11.8 Å². The molecule has 0 bridgehead atoms. The summed E-state index contributed by atoms with van der Waals surface area (Å²) in [5, 5.41) is 33.2. The van der Waals surface area contributed by atoms with E-state index in [1.54, 1.807) is 17.2 Å². The maximum atomic E-state index is 15.5. The predicted octanol–water partition coefficient (Wildman–Crippen LogP) is 2.82. The molecule has 0 aliphatic carbocycles. The highest BCUT2D eigenvalue weighted by atomic mass is 32.2. The van der Waals surface area contributed by atoms with Gasteiger partial charge in [-0.2, -0.15) is 11.8 Å². The number of imide groups is 1. The number of amides is 10. The van der Waals surface area contributed by atoms with Gasteiger partial charge >= 0.3 is 11.9 Å². The molecule has 1 aromatic heterocycles. The quantitative estimate of drug-likeness (QED) is 0.0299. The Morgan fingerprint density at radius 1 is 0.706 bits per heavy atom. The molecule has 1 aliphatic rings. The molecule has 5 atom stereocenters. The summed E-state index contributed by atoms with van der Waals surface area (Å²) in [6, 6.07) is 8.03. The van der Waals surface area contributed by atoms with Crippen LogP contribution in [-0.4, -0.2) is 157 Å². The smallest absolute Gasteiger partial charge is 0.326 e. The van der Waals surface area contributed by atoms with Gasteiger partial charge < -0.3 is 57.3 Å². The molecule has 85 heavy (non-hydrogen) atoms. The fourth-order valence-electron chi connectivity index (χ4n) is 9.07. The average molecular weight is 1210 g/mol. The van der Waals surface area contributed by atoms with Gasteiger partial charge in [0, 0.05) is 99.3 Å². The molecule has 0 saturated heterocycles. The largest absolute Gasteiger partial charge is 0.481 e. The number of aliphatic carboxylic acids is 2. The number of thioether (sulfide) groups is 1. The zero-order chi connectivity index (χ0) is 63.0. The van der Waals surface area contributed by atoms with Crippen molar-refractivity contribution in [2.45, 2.75) is 136 Å². The third kappa shape index (κ3) is 23.2. The Balaban J connectivity index is 1.45. The summed E-state index contributed by atoms with van der Waals surface area (Å²) < 4.78 is 32.0. The maximum absolute atomic E-state index is 15.5. The Morgan fingerprint density at radius 3 is 2.01 bits per heavy atom. The molecule has 0 unspecified atom stereocenters. The first kappa shape index (κ1) is 69.0. The number of unbranched alkanes of at least 4 members (excludes halogenated alkanes) is 2. The van der Waals surface area contributed by atoms with Crippen molar-refractivity contribution >= 4 is 82.8 Å². The van der Waals surface area contributed by atoms with Crippen molar-refractivity contribution in [2.75, 3.05) is 37.7 Å². The number of halogens is 2. The summed E-state index contributed by atoms with van der Waals surface area (Å²) in [5.41, 5.74) is 6.44. The number of carbonyl (C=O) groups excluding carboxylic acids is 10. The van der Waals surface area contributed by atoms with Gasteiger partial charge in [-0.1, -0.05) is 57.5 Å². The fourth-order valence-corrected chi connectivity index (χ4v) is 9.89. The van der Waals surface area contributed by atoms with Crippen LogP contribution in [0.15, 0.2) is 72.9 Å². The number of nitrogens with zero attached hydrogens (tertiary/aromatic N) is 3. The molecule has 2 aromatic carbocycles. The number of carboxylic acids is 2. The van der Waals surface area contributed by atoms with Gasteiger partial charge in [0.1, 0.15) is 35.8 Å². The summed E-state index contributed by atoms with van der Waals surface area (Å²) in [5.74, 6) is -10.2. The van der Waals surface area contributed by atoms with Crippen LogP contribution in [0.1, 0.15) is 116 Å². The minimum absolute atomic E-state index is 0.0173. The highest BCUT2D eigenvalue weighted by molar-refractivity contribution is 7.99. The number of benzene rings is 2. The van der Waals surface area contributed by atoms with E-state index >= 15 is 4.39 Å². The third-order valence-corrected chi connectivity index (χ3v) is 14.3. The van der Waals surface area contributed by atoms with E-state index in [1.165, 1.54) is 26.0 Å². The first-order valence-corrected chi connectivity index (χ1v) is 28.9. The Morgan fingerprint density at radius 2 is 1.36 bits per heavy atom. The number of aromatic nitrogens is 1. The average Bonchev–Trinajstić information content (AvgIpc) is 2.76. The van der Waals surface area contributed by atoms with Crippen LogP contribution in [-0.2, 0) is 64.1 Å². The molecule has 4 rings (SSSR count). The number of carbonyl (C=O) groups is 12. The van der Waals surface area contributed by atoms with E-state index < -0.39 is 131 Å². The first-order valence-electron chi connectivity index (χ1n) is 27.7. The highest BCUT2D eigenvalue weighted by Crippen LogP contribution is 2.41. The molecule has 0 spiro atoms. The molecule has 3 aromatic rings. The molecule has 2 heterocycles. The fraction of sp³-hybridized carbons (Fsp3) is 0.483. The lowest BCUT2D eigenvalue weighted by molar-refractivity contribution is -0.143. The normalized spacial score (nSPS) is 13.8. The van der Waals surface area contributed by atoms with E-state index in [0.29, 0.717) is 30.5 Å². The van der Waals surface area contributed by atoms with E-state index in [0.717, 1.165) is 40.4 Å². The number of nitrogens with two attached hydrogens (primary N) is 1. The van der Waals surface area contributed by atoms with Gasteiger partial charge in [-0.3, -0.25) is 57.6 Å². The monoisotopic (exact) mass is 1210 g/mol. The van der Waals surface area contributed by atoms with Crippen LogP contribution < -0.4 is 37.6 Å². The van der Waals surface area contributed by atoms with Gasteiger partial charge in [-0.25, -0.2) is 13.6 Å². The second kappa shape index (κ2) is 33.7. The van der Waals surface area contributed by atoms with Gasteiger partial charge in [-0.15, -0.1) is 0 Å². The second-order valence-electron chi connectivity index (χ2n) is 21.4. The van der Waals surface area contributed by atoms with Gasteiger partial charge in [0.05, 0.1) is 18.2 Å². The van der Waals surface area contributed by atoms with Crippen LogP contribution in [0.4, 0.5) is 8.78 Å². The predicted molar refractivity (Wildman–Crippen MR) is 308 cm³/mol. The SMILES string of the molecule is C[C@H](NC(=O)CCCCCN1C(=O)C=CC1=O)C(=O)N[C@@H](C)C(=O)N[C@@H](CC(N)=O)C(=O)NCCCN(C(=O)CSCCC(=O)NCCC(=O)N[C@@H](CCC(=O)O)C(=O)O)[C@@H](c1cc(-c2cc(F)ccc2F)cn1Cc1ccccc1)C(C)(C)C. The number of carboxylic acid groups (broad SMARTS) is 2. The molecule has 10 N–H and O–H groups in total. The first-order chi connectivity index (χ1) is 40.1. The number of primary amides is 1. The maximum Gasteiger partial charge on any atom is 0.326 e. The summed E-state index contributed by atoms with van der Waals surface area (Å²) >= 11 is 1.13. The molecule has 0 saturated carbocycles. The zero-order valence-electron chi connectivity index (χ0n) is 48.2. The Hall–Kier alpha value is -8.49. The Labute approximate surface area is 495 Å². The van der Waals surface area contributed by atoms with Gasteiger partial charge in [-0.05, 0) is 74.8 Å². The van der Waals surface area contributed by atoms with Gasteiger partial charge in [0.25, 0.3) is 11.8 Å². The summed E-state index contributed by atoms with van der Waals surface area (Å²) in [6.07, 6.45) is 3.77. The van der Waals surface area contributed by atoms with E-state index in [4.69, 9.17) is 10.8 Å². The van der Waals surface area contributed by atoms with Crippen molar-refractivity contribution in [2.24, 2.45) is 11.1 Å². The van der Waals surface area contributed by atoms with E-state index in [9.17, 15) is 67.0 Å². The number of hydrogen-bond acceptors (Lipinski definition) is 13. The van der Waals surface area contributed by atoms with Crippen LogP contribution in [0.2, 0.25) is 0 Å². The Kier molecular flexibility index (Phi) is 27.4. The van der Waals surface area contributed by atoms with Crippen LogP contribution in [0, 0.1) is 17.0 Å². The highest BCUT2D eigenvalue weighted by Gasteiger charge is 2.38. The lowest BCUT2D eigenvalue weighted by Gasteiger charge is -2.41. The summed E-state index contributed by atoms with van der Waals surface area (Å²) in [6.45, 7) is 8.59. The molecular weight excluding hydrogens is 1130 g/mol. The lowest BCUT2D eigenvalue weighted by Crippen LogP contribution is -2.56. The standard InChI is InChI=1S/C58H76F2N10O14S/c1-35(64-47(73)15-10-7-11-26-69-49(75)19-20-50(69)76)54(80)65-36(2)55(81)67-43(31-45(61)71)56(82)63-24-12-27-70(51(77)34-85-28-23-46(72)62-25-22-48(74)66-42(57(83)84)18-21-52(78)79)53(58(3,4)5)44-29-38(40-30-39(59)16-17-41(40)60)33-68(44)32-37-13-8-6-9-14-37/h6,8-9,13-14,16-17,19-20,29-30,33,35-36,42-43,53H,7,10-12,15,18,21-28,31-32,34H2,1-5H3,(H2,61,71)(H,62,72)(H,63,82)(H,64,73)(H,65,80)(H,66,74)(H,67,81)(H,78,79)(H,83,84)/t35-,36-,42-,43-,53-/m0/s1. The van der Waals surface area contributed by atoms with Crippen LogP contribution in [0.5, 0.6) is 0 Å². The molecule has 0 fully saturated rings. The molecule has 27 heteroatoms. The minimum Gasteiger partial charge on any atom is -0.481 e.